The second-order valence-electron chi connectivity index (χ2n) is 3.49. The topological polar surface area (TPSA) is 26.3 Å². The van der Waals surface area contributed by atoms with E-state index in [4.69, 9.17) is 0 Å². The number of carbonyl (C=O) groups is 1. The summed E-state index contributed by atoms with van der Waals surface area (Å²) in [6, 6.07) is 3.61. The van der Waals surface area contributed by atoms with E-state index >= 15 is 0 Å². The lowest BCUT2D eigenvalue weighted by Gasteiger charge is -2.11. The van der Waals surface area contributed by atoms with E-state index in [1.807, 2.05) is 0 Å². The van der Waals surface area contributed by atoms with Crippen LogP contribution in [0.25, 0.3) is 0 Å². The first-order valence-corrected chi connectivity index (χ1v) is 6.20. The van der Waals surface area contributed by atoms with Crippen LogP contribution >= 0.6 is 11.8 Å². The molecule has 0 aliphatic rings. The van der Waals surface area contributed by atoms with Crippen LogP contribution in [-0.4, -0.2) is 18.0 Å². The van der Waals surface area contributed by atoms with Gasteiger partial charge in [-0.3, -0.25) is 4.79 Å². The third-order valence-corrected chi connectivity index (χ3v) is 2.78. The predicted octanol–water partition coefficient (Wildman–Crippen LogP) is 3.35. The van der Waals surface area contributed by atoms with Crippen LogP contribution < -0.4 is 4.74 Å². The molecule has 1 aromatic rings. The highest BCUT2D eigenvalue weighted by Gasteiger charge is 2.34. The van der Waals surface area contributed by atoms with Gasteiger partial charge in [0.2, 0.25) is 0 Å². The SMILES string of the molecule is COc1ccc(C#CCSC(C)=O)cc1C(F)(F)F. The van der Waals surface area contributed by atoms with Crippen LogP contribution in [0.2, 0.25) is 0 Å². The molecule has 19 heavy (non-hydrogen) atoms. The van der Waals surface area contributed by atoms with Crippen molar-refractivity contribution in [3.8, 4) is 17.6 Å². The Morgan fingerprint density at radius 2 is 2.11 bits per heavy atom. The summed E-state index contributed by atoms with van der Waals surface area (Å²) in [7, 11) is 1.18. The van der Waals surface area contributed by atoms with E-state index in [2.05, 4.69) is 16.6 Å². The molecule has 2 nitrogen and oxygen atoms in total. The average molecular weight is 288 g/mol. The predicted molar refractivity (Wildman–Crippen MR) is 68.0 cm³/mol. The maximum atomic E-state index is 12.7. The Balaban J connectivity index is 2.96. The Kier molecular flexibility index (Phi) is 5.31. The van der Waals surface area contributed by atoms with Gasteiger partial charge >= 0.3 is 6.18 Å². The molecule has 0 saturated heterocycles. The Morgan fingerprint density at radius 1 is 1.42 bits per heavy atom. The molecule has 102 valence electrons. The number of methoxy groups -OCH3 is 1. The zero-order valence-electron chi connectivity index (χ0n) is 10.3. The number of rotatable bonds is 2. The van der Waals surface area contributed by atoms with E-state index in [9.17, 15) is 18.0 Å². The number of thioether (sulfide) groups is 1. The standard InChI is InChI=1S/C13H11F3O2S/c1-9(17)19-7-3-4-10-5-6-12(18-2)11(8-10)13(14,15)16/h5-6,8H,7H2,1-2H3. The number of ether oxygens (including phenoxy) is 1. The second-order valence-corrected chi connectivity index (χ2v) is 4.65. The molecule has 0 atom stereocenters. The van der Waals surface area contributed by atoms with Gasteiger partial charge in [-0.05, 0) is 18.2 Å². The van der Waals surface area contributed by atoms with Crippen molar-refractivity contribution >= 4 is 16.9 Å². The molecular weight excluding hydrogens is 277 g/mol. The van der Waals surface area contributed by atoms with Gasteiger partial charge in [0.1, 0.15) is 5.75 Å². The van der Waals surface area contributed by atoms with Gasteiger partial charge in [0.15, 0.2) is 5.12 Å². The van der Waals surface area contributed by atoms with Crippen LogP contribution in [0.1, 0.15) is 18.1 Å². The Labute approximate surface area is 113 Å². The van der Waals surface area contributed by atoms with Crippen molar-refractivity contribution in [2.75, 3.05) is 12.9 Å². The monoisotopic (exact) mass is 288 g/mol. The summed E-state index contributed by atoms with van der Waals surface area (Å²) in [5, 5.41) is -0.0833. The van der Waals surface area contributed by atoms with Crippen molar-refractivity contribution in [2.24, 2.45) is 0 Å². The lowest BCUT2D eigenvalue weighted by atomic mass is 10.1. The van der Waals surface area contributed by atoms with Crippen LogP contribution in [0.15, 0.2) is 18.2 Å². The molecule has 0 spiro atoms. The second kappa shape index (κ2) is 6.53. The summed E-state index contributed by atoms with van der Waals surface area (Å²) in [5.41, 5.74) is -0.627. The van der Waals surface area contributed by atoms with Gasteiger partial charge in [0, 0.05) is 12.5 Å². The number of benzene rings is 1. The quantitative estimate of drug-likeness (QED) is 0.781. The minimum absolute atomic E-state index is 0.0833. The van der Waals surface area contributed by atoms with Crippen LogP contribution in [0, 0.1) is 11.8 Å². The minimum atomic E-state index is -4.49. The maximum absolute atomic E-state index is 12.7. The zero-order valence-corrected chi connectivity index (χ0v) is 11.1. The van der Waals surface area contributed by atoms with Gasteiger partial charge in [0.05, 0.1) is 18.4 Å². The number of hydrogen-bond donors (Lipinski definition) is 0. The van der Waals surface area contributed by atoms with Gasteiger partial charge in [-0.15, -0.1) is 0 Å². The first-order chi connectivity index (χ1) is 8.84. The highest BCUT2D eigenvalue weighted by molar-refractivity contribution is 8.13. The van der Waals surface area contributed by atoms with E-state index in [0.29, 0.717) is 0 Å². The van der Waals surface area contributed by atoms with Crippen molar-refractivity contribution in [2.45, 2.75) is 13.1 Å². The molecule has 0 fully saturated rings. The Morgan fingerprint density at radius 3 is 2.63 bits per heavy atom. The fourth-order valence-electron chi connectivity index (χ4n) is 1.28. The van der Waals surface area contributed by atoms with E-state index in [1.54, 1.807) is 0 Å². The molecule has 0 aliphatic carbocycles. The minimum Gasteiger partial charge on any atom is -0.496 e. The van der Waals surface area contributed by atoms with Gasteiger partial charge in [-0.25, -0.2) is 0 Å². The first kappa shape index (κ1) is 15.4. The van der Waals surface area contributed by atoms with E-state index in [0.717, 1.165) is 17.8 Å². The highest BCUT2D eigenvalue weighted by Crippen LogP contribution is 2.36. The molecule has 0 heterocycles. The summed E-state index contributed by atoms with van der Waals surface area (Å²) in [6.45, 7) is 1.40. The van der Waals surface area contributed by atoms with Gasteiger partial charge < -0.3 is 4.74 Å². The molecule has 0 saturated carbocycles. The molecule has 0 bridgehead atoms. The molecule has 1 aromatic carbocycles. The number of alkyl halides is 3. The van der Waals surface area contributed by atoms with Crippen LogP contribution in [0.3, 0.4) is 0 Å². The Bertz CT molecular complexity index is 527. The van der Waals surface area contributed by atoms with Crippen LogP contribution in [0.5, 0.6) is 5.75 Å². The van der Waals surface area contributed by atoms with Crippen molar-refractivity contribution in [1.29, 1.82) is 0 Å². The summed E-state index contributed by atoms with van der Waals surface area (Å²) in [6.07, 6.45) is -4.49. The highest BCUT2D eigenvalue weighted by atomic mass is 32.2. The van der Waals surface area contributed by atoms with Crippen LogP contribution in [0.4, 0.5) is 13.2 Å². The third-order valence-electron chi connectivity index (χ3n) is 2.09. The largest absolute Gasteiger partial charge is 0.496 e. The number of hydrogen-bond acceptors (Lipinski definition) is 3. The lowest BCUT2D eigenvalue weighted by Crippen LogP contribution is -2.07. The molecular formula is C13H11F3O2S. The zero-order chi connectivity index (χ0) is 14.5. The summed E-state index contributed by atoms with van der Waals surface area (Å²) >= 11 is 1.01. The fraction of sp³-hybridized carbons (Fsp3) is 0.308. The number of carbonyl (C=O) groups excluding carboxylic acids is 1. The maximum Gasteiger partial charge on any atom is 0.420 e. The summed E-state index contributed by atoms with van der Waals surface area (Å²) in [4.78, 5) is 10.7. The van der Waals surface area contributed by atoms with E-state index in [1.165, 1.54) is 26.2 Å². The molecule has 6 heteroatoms. The molecule has 0 amide bonds. The van der Waals surface area contributed by atoms with E-state index in [-0.39, 0.29) is 22.2 Å². The average Bonchev–Trinajstić information content (AvgIpc) is 2.33. The van der Waals surface area contributed by atoms with Crippen molar-refractivity contribution in [3.05, 3.63) is 29.3 Å². The summed E-state index contributed by atoms with van der Waals surface area (Å²) in [5.74, 6) is 5.23. The normalized spacial score (nSPS) is 10.6. The van der Waals surface area contributed by atoms with Crippen molar-refractivity contribution in [3.63, 3.8) is 0 Å². The molecule has 1 rings (SSSR count). The Hall–Kier alpha value is -1.61. The smallest absolute Gasteiger partial charge is 0.420 e. The molecule has 0 aliphatic heterocycles. The number of halogens is 3. The van der Waals surface area contributed by atoms with Crippen molar-refractivity contribution in [1.82, 2.24) is 0 Å². The molecule has 0 aromatic heterocycles. The molecule has 0 unspecified atom stereocenters. The molecule has 0 N–H and O–H groups in total. The van der Waals surface area contributed by atoms with Crippen molar-refractivity contribution < 1.29 is 22.7 Å². The van der Waals surface area contributed by atoms with E-state index < -0.39 is 11.7 Å². The van der Waals surface area contributed by atoms with Crippen LogP contribution in [-0.2, 0) is 11.0 Å². The van der Waals surface area contributed by atoms with Gasteiger partial charge in [0.25, 0.3) is 0 Å². The third kappa shape index (κ3) is 4.87. The van der Waals surface area contributed by atoms with Gasteiger partial charge in [-0.1, -0.05) is 23.6 Å². The summed E-state index contributed by atoms with van der Waals surface area (Å²) < 4.78 is 42.9. The lowest BCUT2D eigenvalue weighted by molar-refractivity contribution is -0.138. The van der Waals surface area contributed by atoms with Gasteiger partial charge in [-0.2, -0.15) is 13.2 Å². The molecule has 0 radical (unpaired) electrons. The first-order valence-electron chi connectivity index (χ1n) is 5.22. The fourth-order valence-corrected chi connectivity index (χ4v) is 1.63.